The van der Waals surface area contributed by atoms with Gasteiger partial charge < -0.3 is 4.74 Å². The lowest BCUT2D eigenvalue weighted by Gasteiger charge is -2.10. The molecule has 0 saturated heterocycles. The van der Waals surface area contributed by atoms with Crippen molar-refractivity contribution in [1.82, 2.24) is 4.98 Å². The number of para-hydroxylation sites is 1. The van der Waals surface area contributed by atoms with Crippen molar-refractivity contribution in [3.8, 4) is 6.07 Å². The number of methoxy groups -OCH3 is 1. The number of rotatable bonds is 5. The lowest BCUT2D eigenvalue weighted by molar-refractivity contribution is 0.0974. The van der Waals surface area contributed by atoms with Crippen LogP contribution in [0.4, 0.5) is 0 Å². The van der Waals surface area contributed by atoms with E-state index in [2.05, 4.69) is 11.1 Å². The van der Waals surface area contributed by atoms with Crippen molar-refractivity contribution in [1.29, 1.82) is 5.26 Å². The van der Waals surface area contributed by atoms with Gasteiger partial charge in [-0.25, -0.2) is 4.98 Å². The summed E-state index contributed by atoms with van der Waals surface area (Å²) in [5.74, 6) is -1.13. The first-order valence-corrected chi connectivity index (χ1v) is 7.92. The largest absolute Gasteiger partial charge is 0.380 e. The second kappa shape index (κ2) is 6.69. The minimum atomic E-state index is -0.898. The average molecular weight is 322 g/mol. The van der Waals surface area contributed by atoms with Crippen LogP contribution < -0.4 is 0 Å². The van der Waals surface area contributed by atoms with E-state index in [9.17, 15) is 10.1 Å². The zero-order valence-corrected chi connectivity index (χ0v) is 13.3. The summed E-state index contributed by atoms with van der Waals surface area (Å²) in [4.78, 5) is 17.3. The first-order valence-electron chi connectivity index (χ1n) is 7.10. The number of hydrogen-bond donors (Lipinski definition) is 0. The summed E-state index contributed by atoms with van der Waals surface area (Å²) in [6.07, 6.45) is 0. The van der Waals surface area contributed by atoms with Crippen LogP contribution in [-0.2, 0) is 11.3 Å². The van der Waals surface area contributed by atoms with E-state index in [1.54, 1.807) is 19.2 Å². The normalized spacial score (nSPS) is 12.0. The molecule has 0 bridgehead atoms. The number of nitrogens with zero attached hydrogens (tertiary/aromatic N) is 2. The van der Waals surface area contributed by atoms with Crippen LogP contribution in [0.2, 0.25) is 0 Å². The predicted octanol–water partition coefficient (Wildman–Crippen LogP) is 3.93. The lowest BCUT2D eigenvalue weighted by Crippen LogP contribution is -2.13. The maximum atomic E-state index is 12.8. The van der Waals surface area contributed by atoms with Gasteiger partial charge in [0.2, 0.25) is 0 Å². The molecule has 0 amide bonds. The van der Waals surface area contributed by atoms with E-state index in [4.69, 9.17) is 4.74 Å². The van der Waals surface area contributed by atoms with Gasteiger partial charge in [0.05, 0.1) is 22.9 Å². The summed E-state index contributed by atoms with van der Waals surface area (Å²) in [7, 11) is 1.58. The second-order valence-corrected chi connectivity index (χ2v) is 6.10. The van der Waals surface area contributed by atoms with Crippen molar-refractivity contribution in [2.24, 2.45) is 0 Å². The van der Waals surface area contributed by atoms with E-state index in [0.29, 0.717) is 17.2 Å². The quantitative estimate of drug-likeness (QED) is 0.668. The number of hydrogen-bond acceptors (Lipinski definition) is 5. The first kappa shape index (κ1) is 15.3. The van der Waals surface area contributed by atoms with E-state index >= 15 is 0 Å². The lowest BCUT2D eigenvalue weighted by atomic mass is 9.95. The average Bonchev–Trinajstić information content (AvgIpc) is 3.00. The van der Waals surface area contributed by atoms with Gasteiger partial charge in [-0.15, -0.1) is 11.3 Å². The number of ether oxygens (including phenoxy) is 1. The maximum Gasteiger partial charge on any atom is 0.187 e. The van der Waals surface area contributed by atoms with Gasteiger partial charge in [0, 0.05) is 12.7 Å². The molecule has 0 unspecified atom stereocenters. The van der Waals surface area contributed by atoms with Gasteiger partial charge in [-0.05, 0) is 17.7 Å². The highest BCUT2D eigenvalue weighted by molar-refractivity contribution is 7.18. The molecule has 3 aromatic rings. The van der Waals surface area contributed by atoms with E-state index in [-0.39, 0.29) is 5.78 Å². The van der Waals surface area contributed by atoms with Crippen molar-refractivity contribution >= 4 is 27.3 Å². The topological polar surface area (TPSA) is 63.0 Å². The number of carbonyl (C=O) groups excluding carboxylic acids is 1. The van der Waals surface area contributed by atoms with Crippen molar-refractivity contribution in [2.45, 2.75) is 12.5 Å². The molecule has 1 heterocycles. The number of Topliss-reactive ketones (excluding diaryl/α,β-unsaturated/α-hetero) is 1. The summed E-state index contributed by atoms with van der Waals surface area (Å²) in [5.41, 5.74) is 2.10. The van der Waals surface area contributed by atoms with E-state index in [1.807, 2.05) is 36.4 Å². The smallest absolute Gasteiger partial charge is 0.187 e. The van der Waals surface area contributed by atoms with Crippen LogP contribution in [0.3, 0.4) is 0 Å². The highest BCUT2D eigenvalue weighted by atomic mass is 32.1. The van der Waals surface area contributed by atoms with Gasteiger partial charge >= 0.3 is 0 Å². The second-order valence-electron chi connectivity index (χ2n) is 5.04. The molecule has 5 heteroatoms. The molecule has 1 aromatic heterocycles. The Labute approximate surface area is 138 Å². The molecule has 0 aliphatic heterocycles. The Hall–Kier alpha value is -2.55. The van der Waals surface area contributed by atoms with Gasteiger partial charge in [-0.2, -0.15) is 5.26 Å². The number of thiazole rings is 1. The zero-order valence-electron chi connectivity index (χ0n) is 12.5. The van der Waals surface area contributed by atoms with Crippen molar-refractivity contribution < 1.29 is 9.53 Å². The third-order valence-corrected chi connectivity index (χ3v) is 4.63. The molecule has 0 saturated carbocycles. The molecule has 23 heavy (non-hydrogen) atoms. The number of benzene rings is 2. The third-order valence-electron chi connectivity index (χ3n) is 3.53. The molecule has 4 nitrogen and oxygen atoms in total. The van der Waals surface area contributed by atoms with Crippen LogP contribution in [0.1, 0.15) is 26.8 Å². The van der Waals surface area contributed by atoms with Crippen molar-refractivity contribution in [2.75, 3.05) is 7.11 Å². The van der Waals surface area contributed by atoms with Gasteiger partial charge in [-0.3, -0.25) is 4.79 Å². The van der Waals surface area contributed by atoms with Gasteiger partial charge in [-0.1, -0.05) is 36.4 Å². The van der Waals surface area contributed by atoms with Crippen LogP contribution in [0.25, 0.3) is 10.2 Å². The summed E-state index contributed by atoms with van der Waals surface area (Å²) in [6.45, 7) is 0.333. The molecule has 0 spiro atoms. The fourth-order valence-electron chi connectivity index (χ4n) is 2.44. The number of nitriles is 1. The van der Waals surface area contributed by atoms with Crippen LogP contribution >= 0.6 is 11.3 Å². The Morgan fingerprint density at radius 2 is 2.00 bits per heavy atom. The molecular formula is C18H14N2O2S. The summed E-state index contributed by atoms with van der Waals surface area (Å²) < 4.78 is 6.11. The summed E-state index contributed by atoms with van der Waals surface area (Å²) >= 11 is 1.39. The minimum absolute atomic E-state index is 0.237. The molecule has 2 aromatic carbocycles. The van der Waals surface area contributed by atoms with Crippen LogP contribution in [0, 0.1) is 11.3 Å². The molecule has 3 rings (SSSR count). The van der Waals surface area contributed by atoms with E-state index < -0.39 is 5.92 Å². The fraction of sp³-hybridized carbons (Fsp3) is 0.167. The van der Waals surface area contributed by atoms with Crippen LogP contribution in [0.5, 0.6) is 0 Å². The van der Waals surface area contributed by atoms with Crippen molar-refractivity contribution in [3.05, 3.63) is 64.7 Å². The SMILES string of the molecule is COCc1ccccc1C(=O)[C@H](C#N)c1nc2ccccc2s1. The highest BCUT2D eigenvalue weighted by Gasteiger charge is 2.26. The highest BCUT2D eigenvalue weighted by Crippen LogP contribution is 2.30. The van der Waals surface area contributed by atoms with E-state index in [1.165, 1.54) is 11.3 Å². The summed E-state index contributed by atoms with van der Waals surface area (Å²) in [5, 5.41) is 10.1. The zero-order chi connectivity index (χ0) is 16.2. The van der Waals surface area contributed by atoms with Gasteiger partial charge in [0.15, 0.2) is 11.7 Å². The number of carbonyl (C=O) groups is 1. The Bertz CT molecular complexity index is 862. The molecule has 0 fully saturated rings. The Balaban J connectivity index is 2.01. The fourth-order valence-corrected chi connectivity index (χ4v) is 3.45. The molecule has 0 aliphatic rings. The van der Waals surface area contributed by atoms with E-state index in [0.717, 1.165) is 15.8 Å². The molecule has 114 valence electrons. The predicted molar refractivity (Wildman–Crippen MR) is 89.5 cm³/mol. The Kier molecular flexibility index (Phi) is 4.47. The first-order chi connectivity index (χ1) is 11.2. The Morgan fingerprint density at radius 3 is 2.74 bits per heavy atom. The van der Waals surface area contributed by atoms with Gasteiger partial charge in [0.1, 0.15) is 5.01 Å². The Morgan fingerprint density at radius 1 is 1.26 bits per heavy atom. The van der Waals surface area contributed by atoms with Crippen LogP contribution in [-0.4, -0.2) is 17.9 Å². The monoisotopic (exact) mass is 322 g/mol. The molecule has 0 radical (unpaired) electrons. The standard InChI is InChI=1S/C18H14N2O2S/c1-22-11-12-6-2-3-7-13(12)17(21)14(10-19)18-20-15-8-4-5-9-16(15)23-18/h2-9,14H,11H2,1H3/t14-/m0/s1. The minimum Gasteiger partial charge on any atom is -0.380 e. The molecular weight excluding hydrogens is 308 g/mol. The van der Waals surface area contributed by atoms with Crippen molar-refractivity contribution in [3.63, 3.8) is 0 Å². The van der Waals surface area contributed by atoms with Crippen LogP contribution in [0.15, 0.2) is 48.5 Å². The van der Waals surface area contributed by atoms with Gasteiger partial charge in [0.25, 0.3) is 0 Å². The molecule has 1 atom stereocenters. The summed E-state index contributed by atoms with van der Waals surface area (Å²) in [6, 6.07) is 16.9. The molecule has 0 aliphatic carbocycles. The number of aromatic nitrogens is 1. The third kappa shape index (κ3) is 3.00. The maximum absolute atomic E-state index is 12.8. The number of fused-ring (bicyclic) bond motifs is 1. The molecule has 0 N–H and O–H groups in total. The number of ketones is 1.